The molecule has 2 N–H and O–H groups in total. The number of nitrogens with one attached hydrogen (secondary N) is 1. The molecule has 1 amide bonds. The molecule has 0 radical (unpaired) electrons. The molecule has 1 aromatic carbocycles. The summed E-state index contributed by atoms with van der Waals surface area (Å²) in [5.74, 6) is -0.273. The van der Waals surface area contributed by atoms with E-state index in [0.29, 0.717) is 31.1 Å². The van der Waals surface area contributed by atoms with Gasteiger partial charge in [0, 0.05) is 6.54 Å². The Balaban J connectivity index is 1.87. The maximum atomic E-state index is 11.9. The normalized spacial score (nSPS) is 14.2. The molecule has 0 spiro atoms. The van der Waals surface area contributed by atoms with Crippen LogP contribution in [0.15, 0.2) is 18.2 Å². The van der Waals surface area contributed by atoms with Crippen LogP contribution in [0, 0.1) is 5.92 Å². The molecule has 1 unspecified atom stereocenters. The SMILES string of the molecule is CCCC(CNC(=O)Cc1ccc2c(c1)OCCO2)C(=O)O. The Bertz CT molecular complexity index is 543. The largest absolute Gasteiger partial charge is 0.486 e. The number of carboxylic acids is 1. The van der Waals surface area contributed by atoms with Crippen LogP contribution >= 0.6 is 0 Å². The fraction of sp³-hybridized carbons (Fsp3) is 0.500. The lowest BCUT2D eigenvalue weighted by atomic mass is 10.0. The number of fused-ring (bicyclic) bond motifs is 1. The number of ether oxygens (including phenoxy) is 2. The highest BCUT2D eigenvalue weighted by atomic mass is 16.6. The molecule has 1 atom stereocenters. The van der Waals surface area contributed by atoms with Crippen molar-refractivity contribution in [2.24, 2.45) is 5.92 Å². The third-order valence-electron chi connectivity index (χ3n) is 3.50. The molecule has 0 bridgehead atoms. The zero-order valence-corrected chi connectivity index (χ0v) is 12.6. The summed E-state index contributed by atoms with van der Waals surface area (Å²) in [6.07, 6.45) is 1.52. The van der Waals surface area contributed by atoms with Gasteiger partial charge in [0.15, 0.2) is 11.5 Å². The van der Waals surface area contributed by atoms with Crippen molar-refractivity contribution in [3.8, 4) is 11.5 Å². The molecular formula is C16H21NO5. The highest BCUT2D eigenvalue weighted by molar-refractivity contribution is 5.79. The summed E-state index contributed by atoms with van der Waals surface area (Å²) in [7, 11) is 0. The predicted octanol–water partition coefficient (Wildman–Crippen LogP) is 1.62. The molecule has 6 nitrogen and oxygen atoms in total. The van der Waals surface area contributed by atoms with Gasteiger partial charge in [-0.1, -0.05) is 19.4 Å². The van der Waals surface area contributed by atoms with E-state index in [1.54, 1.807) is 12.1 Å². The van der Waals surface area contributed by atoms with E-state index in [4.69, 9.17) is 14.6 Å². The van der Waals surface area contributed by atoms with Crippen LogP contribution in [0.1, 0.15) is 25.3 Å². The number of carboxylic acid groups (broad SMARTS) is 1. The van der Waals surface area contributed by atoms with Crippen molar-refractivity contribution in [3.63, 3.8) is 0 Å². The number of carbonyl (C=O) groups excluding carboxylic acids is 1. The molecule has 1 aliphatic rings. The first-order valence-corrected chi connectivity index (χ1v) is 7.48. The number of aliphatic carboxylic acids is 1. The van der Waals surface area contributed by atoms with Crippen LogP contribution in [-0.2, 0) is 16.0 Å². The quantitative estimate of drug-likeness (QED) is 0.799. The minimum atomic E-state index is -0.874. The third-order valence-corrected chi connectivity index (χ3v) is 3.50. The third kappa shape index (κ3) is 4.38. The molecule has 0 saturated carbocycles. The van der Waals surface area contributed by atoms with E-state index in [1.165, 1.54) is 0 Å². The molecule has 120 valence electrons. The number of carbonyl (C=O) groups is 2. The maximum absolute atomic E-state index is 11.9. The summed E-state index contributed by atoms with van der Waals surface area (Å²) < 4.78 is 10.9. The monoisotopic (exact) mass is 307 g/mol. The lowest BCUT2D eigenvalue weighted by Gasteiger charge is -2.19. The van der Waals surface area contributed by atoms with Gasteiger partial charge in [-0.05, 0) is 24.1 Å². The van der Waals surface area contributed by atoms with Gasteiger partial charge in [0.25, 0.3) is 0 Å². The molecule has 0 saturated heterocycles. The van der Waals surface area contributed by atoms with Crippen molar-refractivity contribution in [2.45, 2.75) is 26.2 Å². The predicted molar refractivity (Wildman–Crippen MR) is 80.2 cm³/mol. The standard InChI is InChI=1S/C16H21NO5/c1-2-3-12(16(19)20)10-17-15(18)9-11-4-5-13-14(8-11)22-7-6-21-13/h4-5,8,12H,2-3,6-7,9-10H2,1H3,(H,17,18)(H,19,20). The van der Waals surface area contributed by atoms with Crippen LogP contribution in [0.25, 0.3) is 0 Å². The van der Waals surface area contributed by atoms with Crippen LogP contribution in [0.3, 0.4) is 0 Å². The van der Waals surface area contributed by atoms with E-state index in [0.717, 1.165) is 12.0 Å². The van der Waals surface area contributed by atoms with Crippen molar-refractivity contribution in [2.75, 3.05) is 19.8 Å². The van der Waals surface area contributed by atoms with Crippen LogP contribution < -0.4 is 14.8 Å². The number of hydrogen-bond donors (Lipinski definition) is 2. The highest BCUT2D eigenvalue weighted by Crippen LogP contribution is 2.30. The lowest BCUT2D eigenvalue weighted by Crippen LogP contribution is -2.33. The number of hydrogen-bond acceptors (Lipinski definition) is 4. The van der Waals surface area contributed by atoms with Crippen LogP contribution in [0.5, 0.6) is 11.5 Å². The second-order valence-electron chi connectivity index (χ2n) is 5.28. The van der Waals surface area contributed by atoms with Gasteiger partial charge in [-0.3, -0.25) is 9.59 Å². The fourth-order valence-corrected chi connectivity index (χ4v) is 2.34. The van der Waals surface area contributed by atoms with Crippen molar-refractivity contribution in [3.05, 3.63) is 23.8 Å². The molecule has 2 rings (SSSR count). The summed E-state index contributed by atoms with van der Waals surface area (Å²) in [5.41, 5.74) is 0.809. The summed E-state index contributed by atoms with van der Waals surface area (Å²) >= 11 is 0. The van der Waals surface area contributed by atoms with Crippen molar-refractivity contribution < 1.29 is 24.2 Å². The first-order valence-electron chi connectivity index (χ1n) is 7.48. The molecule has 1 heterocycles. The number of benzene rings is 1. The molecule has 1 aromatic rings. The lowest BCUT2D eigenvalue weighted by molar-refractivity contribution is -0.141. The van der Waals surface area contributed by atoms with Crippen LogP contribution in [0.2, 0.25) is 0 Å². The van der Waals surface area contributed by atoms with Gasteiger partial charge in [0.1, 0.15) is 13.2 Å². The van der Waals surface area contributed by atoms with Gasteiger partial charge < -0.3 is 19.9 Å². The van der Waals surface area contributed by atoms with E-state index < -0.39 is 11.9 Å². The van der Waals surface area contributed by atoms with Crippen LogP contribution in [-0.4, -0.2) is 36.7 Å². The Kier molecular flexibility index (Phi) is 5.63. The van der Waals surface area contributed by atoms with Gasteiger partial charge in [-0.15, -0.1) is 0 Å². The Morgan fingerprint density at radius 2 is 2.00 bits per heavy atom. The average molecular weight is 307 g/mol. The number of rotatable bonds is 7. The average Bonchev–Trinajstić information content (AvgIpc) is 2.51. The summed E-state index contributed by atoms with van der Waals surface area (Å²) in [4.78, 5) is 23.0. The first-order chi connectivity index (χ1) is 10.6. The van der Waals surface area contributed by atoms with Gasteiger partial charge in [-0.25, -0.2) is 0 Å². The zero-order chi connectivity index (χ0) is 15.9. The molecule has 0 aromatic heterocycles. The summed E-state index contributed by atoms with van der Waals surface area (Å²) in [6, 6.07) is 5.39. The molecule has 0 aliphatic carbocycles. The van der Waals surface area contributed by atoms with Gasteiger partial charge in [0.2, 0.25) is 5.91 Å². The van der Waals surface area contributed by atoms with E-state index in [1.807, 2.05) is 13.0 Å². The van der Waals surface area contributed by atoms with Gasteiger partial charge in [-0.2, -0.15) is 0 Å². The second kappa shape index (κ2) is 7.68. The van der Waals surface area contributed by atoms with E-state index in [9.17, 15) is 9.59 Å². The molecule has 1 aliphatic heterocycles. The number of amides is 1. The van der Waals surface area contributed by atoms with Crippen molar-refractivity contribution in [1.82, 2.24) is 5.32 Å². The fourth-order valence-electron chi connectivity index (χ4n) is 2.34. The van der Waals surface area contributed by atoms with E-state index in [2.05, 4.69) is 5.32 Å². The minimum Gasteiger partial charge on any atom is -0.486 e. The smallest absolute Gasteiger partial charge is 0.308 e. The Morgan fingerprint density at radius 3 is 2.68 bits per heavy atom. The molecule has 22 heavy (non-hydrogen) atoms. The van der Waals surface area contributed by atoms with Crippen molar-refractivity contribution >= 4 is 11.9 Å². The molecule has 0 fully saturated rings. The zero-order valence-electron chi connectivity index (χ0n) is 12.6. The molecule has 6 heteroatoms. The van der Waals surface area contributed by atoms with Gasteiger partial charge >= 0.3 is 5.97 Å². The van der Waals surface area contributed by atoms with Crippen molar-refractivity contribution in [1.29, 1.82) is 0 Å². The topological polar surface area (TPSA) is 84.9 Å². The highest BCUT2D eigenvalue weighted by Gasteiger charge is 2.18. The maximum Gasteiger partial charge on any atom is 0.308 e. The Hall–Kier alpha value is -2.24. The molecular weight excluding hydrogens is 286 g/mol. The second-order valence-corrected chi connectivity index (χ2v) is 5.28. The van der Waals surface area contributed by atoms with Crippen LogP contribution in [0.4, 0.5) is 0 Å². The minimum absolute atomic E-state index is 0.159. The van der Waals surface area contributed by atoms with Gasteiger partial charge in [0.05, 0.1) is 12.3 Å². The summed E-state index contributed by atoms with van der Waals surface area (Å²) in [6.45, 7) is 3.11. The van der Waals surface area contributed by atoms with E-state index >= 15 is 0 Å². The Morgan fingerprint density at radius 1 is 1.27 bits per heavy atom. The first kappa shape index (κ1) is 16.1. The Labute approximate surface area is 129 Å². The summed E-state index contributed by atoms with van der Waals surface area (Å²) in [5, 5.41) is 11.7. The van der Waals surface area contributed by atoms with E-state index in [-0.39, 0.29) is 18.9 Å².